The minimum atomic E-state index is -4.85. The SMILES string of the molecule is COc1cc(C(CCCN2CCOCC2)C(=O)Nc2cc(Cl)c(Cl)cc2C(F)(F)F)ccc1C(F)(F)F. The number of morpholine rings is 1. The Hall–Kier alpha value is -2.21. The summed E-state index contributed by atoms with van der Waals surface area (Å²) in [5, 5.41) is 1.71. The Morgan fingerprint density at radius 3 is 2.24 bits per heavy atom. The Morgan fingerprint density at radius 1 is 1.03 bits per heavy atom. The number of hydrogen-bond acceptors (Lipinski definition) is 4. The molecule has 0 radical (unpaired) electrons. The highest BCUT2D eigenvalue weighted by Gasteiger charge is 2.37. The van der Waals surface area contributed by atoms with E-state index in [4.69, 9.17) is 32.7 Å². The van der Waals surface area contributed by atoms with Gasteiger partial charge in [0, 0.05) is 13.1 Å². The highest BCUT2D eigenvalue weighted by Crippen LogP contribution is 2.41. The molecule has 5 nitrogen and oxygen atoms in total. The maximum absolute atomic E-state index is 13.6. The molecule has 2 aromatic carbocycles. The van der Waals surface area contributed by atoms with Crippen molar-refractivity contribution in [3.05, 3.63) is 57.1 Å². The van der Waals surface area contributed by atoms with Crippen LogP contribution in [0.1, 0.15) is 35.4 Å². The van der Waals surface area contributed by atoms with E-state index in [1.807, 2.05) is 0 Å². The number of benzene rings is 2. The summed E-state index contributed by atoms with van der Waals surface area (Å²) in [5.41, 5.74) is -2.68. The van der Waals surface area contributed by atoms with E-state index in [2.05, 4.69) is 10.2 Å². The first-order valence-corrected chi connectivity index (χ1v) is 12.0. The number of halogens is 8. The molecule has 1 atom stereocenters. The van der Waals surface area contributed by atoms with Crippen LogP contribution < -0.4 is 10.1 Å². The average molecular weight is 573 g/mol. The smallest absolute Gasteiger partial charge is 0.419 e. The summed E-state index contributed by atoms with van der Waals surface area (Å²) in [4.78, 5) is 15.4. The van der Waals surface area contributed by atoms with E-state index in [-0.39, 0.29) is 22.0 Å². The van der Waals surface area contributed by atoms with Gasteiger partial charge in [0.2, 0.25) is 5.91 Å². The lowest BCUT2D eigenvalue weighted by Crippen LogP contribution is -2.37. The largest absolute Gasteiger partial charge is 0.496 e. The van der Waals surface area contributed by atoms with Crippen LogP contribution in [0.5, 0.6) is 5.75 Å². The van der Waals surface area contributed by atoms with Crippen LogP contribution in [0, 0.1) is 0 Å². The van der Waals surface area contributed by atoms with Crippen molar-refractivity contribution in [3.63, 3.8) is 0 Å². The number of amides is 1. The zero-order chi connectivity index (χ0) is 27.4. The molecular formula is C24H24Cl2F6N2O3. The minimum Gasteiger partial charge on any atom is -0.496 e. The summed E-state index contributed by atoms with van der Waals surface area (Å²) in [6, 6.07) is 4.50. The molecule has 0 saturated carbocycles. The Bertz CT molecular complexity index is 1110. The first-order valence-electron chi connectivity index (χ1n) is 11.2. The van der Waals surface area contributed by atoms with Gasteiger partial charge in [0.25, 0.3) is 0 Å². The van der Waals surface area contributed by atoms with Gasteiger partial charge in [0.1, 0.15) is 5.75 Å². The molecule has 0 bridgehead atoms. The summed E-state index contributed by atoms with van der Waals surface area (Å²) < 4.78 is 91.0. The van der Waals surface area contributed by atoms with Crippen LogP contribution in [-0.4, -0.2) is 50.8 Å². The second-order valence-corrected chi connectivity index (χ2v) is 9.22. The number of carbonyl (C=O) groups is 1. The summed E-state index contributed by atoms with van der Waals surface area (Å²) in [6.45, 7) is 3.05. The lowest BCUT2D eigenvalue weighted by molar-refractivity contribution is -0.139. The van der Waals surface area contributed by atoms with Crippen molar-refractivity contribution in [1.82, 2.24) is 4.90 Å². The number of methoxy groups -OCH3 is 1. The predicted octanol–water partition coefficient (Wildman–Crippen LogP) is 6.87. The molecule has 2 aromatic rings. The van der Waals surface area contributed by atoms with Crippen molar-refractivity contribution >= 4 is 34.8 Å². The Morgan fingerprint density at radius 2 is 1.65 bits per heavy atom. The third kappa shape index (κ3) is 7.66. The van der Waals surface area contributed by atoms with E-state index in [9.17, 15) is 31.1 Å². The highest BCUT2D eigenvalue weighted by molar-refractivity contribution is 6.42. The van der Waals surface area contributed by atoms with Gasteiger partial charge in [0.15, 0.2) is 0 Å². The number of nitrogens with one attached hydrogen (secondary N) is 1. The van der Waals surface area contributed by atoms with E-state index in [1.165, 1.54) is 0 Å². The molecule has 1 amide bonds. The van der Waals surface area contributed by atoms with E-state index in [1.54, 1.807) is 0 Å². The summed E-state index contributed by atoms with van der Waals surface area (Å²) in [6.07, 6.45) is -8.94. The Labute approximate surface area is 219 Å². The zero-order valence-corrected chi connectivity index (χ0v) is 21.1. The quantitative estimate of drug-likeness (QED) is 0.350. The first kappa shape index (κ1) is 29.3. The van der Waals surface area contributed by atoms with Crippen LogP contribution >= 0.6 is 23.2 Å². The van der Waals surface area contributed by atoms with E-state index >= 15 is 0 Å². The molecular weight excluding hydrogens is 549 g/mol. The van der Waals surface area contributed by atoms with Gasteiger partial charge in [-0.3, -0.25) is 9.69 Å². The molecule has 0 aromatic heterocycles. The molecule has 37 heavy (non-hydrogen) atoms. The average Bonchev–Trinajstić information content (AvgIpc) is 2.82. The summed E-state index contributed by atoms with van der Waals surface area (Å²) >= 11 is 11.6. The zero-order valence-electron chi connectivity index (χ0n) is 19.6. The lowest BCUT2D eigenvalue weighted by atomic mass is 9.91. The van der Waals surface area contributed by atoms with Crippen LogP contribution in [0.3, 0.4) is 0 Å². The number of ether oxygens (including phenoxy) is 2. The van der Waals surface area contributed by atoms with Crippen LogP contribution in [0.2, 0.25) is 10.0 Å². The number of carbonyl (C=O) groups excluding carboxylic acids is 1. The third-order valence-corrected chi connectivity index (χ3v) is 6.67. The van der Waals surface area contributed by atoms with Crippen LogP contribution in [0.15, 0.2) is 30.3 Å². The van der Waals surface area contributed by atoms with E-state index in [0.29, 0.717) is 45.3 Å². The normalized spacial score (nSPS) is 15.9. The maximum atomic E-state index is 13.6. The van der Waals surface area contributed by atoms with Crippen molar-refractivity contribution in [2.24, 2.45) is 0 Å². The fourth-order valence-electron chi connectivity index (χ4n) is 4.06. The van der Waals surface area contributed by atoms with Gasteiger partial charge in [0.05, 0.1) is 53.1 Å². The number of rotatable bonds is 8. The molecule has 0 spiro atoms. The summed E-state index contributed by atoms with van der Waals surface area (Å²) in [5.74, 6) is -2.41. The van der Waals surface area contributed by atoms with Crippen LogP contribution in [0.25, 0.3) is 0 Å². The van der Waals surface area contributed by atoms with E-state index in [0.717, 1.165) is 31.4 Å². The molecule has 1 saturated heterocycles. The van der Waals surface area contributed by atoms with Crippen molar-refractivity contribution in [1.29, 1.82) is 0 Å². The van der Waals surface area contributed by atoms with Crippen molar-refractivity contribution < 1.29 is 40.6 Å². The molecule has 3 rings (SSSR count). The molecule has 1 aliphatic heterocycles. The van der Waals surface area contributed by atoms with Crippen LogP contribution in [-0.2, 0) is 21.9 Å². The number of alkyl halides is 6. The number of hydrogen-bond donors (Lipinski definition) is 1. The molecule has 13 heteroatoms. The van der Waals surface area contributed by atoms with Gasteiger partial charge in [-0.05, 0) is 49.2 Å². The maximum Gasteiger partial charge on any atom is 0.419 e. The molecule has 1 fully saturated rings. The highest BCUT2D eigenvalue weighted by atomic mass is 35.5. The van der Waals surface area contributed by atoms with Crippen molar-refractivity contribution in [2.75, 3.05) is 45.3 Å². The Balaban J connectivity index is 1.93. The third-order valence-electron chi connectivity index (χ3n) is 5.94. The number of nitrogens with zero attached hydrogens (tertiary/aromatic N) is 1. The van der Waals surface area contributed by atoms with Gasteiger partial charge in [-0.25, -0.2) is 0 Å². The second-order valence-electron chi connectivity index (χ2n) is 8.41. The van der Waals surface area contributed by atoms with Gasteiger partial charge < -0.3 is 14.8 Å². The molecule has 1 heterocycles. The van der Waals surface area contributed by atoms with Gasteiger partial charge >= 0.3 is 12.4 Å². The Kier molecular flexibility index (Phi) is 9.60. The molecule has 1 N–H and O–H groups in total. The second kappa shape index (κ2) is 12.1. The molecule has 1 aliphatic rings. The molecule has 0 aliphatic carbocycles. The van der Waals surface area contributed by atoms with Gasteiger partial charge in [-0.1, -0.05) is 29.3 Å². The fourth-order valence-corrected chi connectivity index (χ4v) is 4.38. The van der Waals surface area contributed by atoms with Crippen molar-refractivity contribution in [3.8, 4) is 5.75 Å². The van der Waals surface area contributed by atoms with Gasteiger partial charge in [-0.15, -0.1) is 0 Å². The lowest BCUT2D eigenvalue weighted by Gasteiger charge is -2.27. The monoisotopic (exact) mass is 572 g/mol. The molecule has 204 valence electrons. The predicted molar refractivity (Wildman–Crippen MR) is 127 cm³/mol. The first-order chi connectivity index (χ1) is 17.3. The van der Waals surface area contributed by atoms with Crippen molar-refractivity contribution in [2.45, 2.75) is 31.1 Å². The standard InChI is InChI=1S/C24H24Cl2F6N2O3/c1-36-21-11-14(4-5-16(21)23(27,28)29)15(3-2-6-34-7-9-37-10-8-34)22(35)33-20-13-19(26)18(25)12-17(20)24(30,31)32/h4-5,11-13,15H,2-3,6-10H2,1H3,(H,33,35). The number of anilines is 1. The minimum absolute atomic E-state index is 0.153. The summed E-state index contributed by atoms with van der Waals surface area (Å²) in [7, 11) is 1.06. The topological polar surface area (TPSA) is 50.8 Å². The van der Waals surface area contributed by atoms with E-state index < -0.39 is 46.7 Å². The fraction of sp³-hybridized carbons (Fsp3) is 0.458. The van der Waals surface area contributed by atoms with Gasteiger partial charge in [-0.2, -0.15) is 26.3 Å². The molecule has 1 unspecified atom stereocenters. The van der Waals surface area contributed by atoms with Crippen LogP contribution in [0.4, 0.5) is 32.0 Å².